The monoisotopic (exact) mass is 354 g/mol. The van der Waals surface area contributed by atoms with E-state index in [2.05, 4.69) is 37.1 Å². The van der Waals surface area contributed by atoms with Crippen LogP contribution in [0.25, 0.3) is 0 Å². The van der Waals surface area contributed by atoms with E-state index in [4.69, 9.17) is 0 Å². The van der Waals surface area contributed by atoms with Crippen molar-refractivity contribution >= 4 is 11.8 Å². The molecule has 1 aliphatic rings. The molecule has 0 bridgehead atoms. The van der Waals surface area contributed by atoms with Gasteiger partial charge in [-0.15, -0.1) is 0 Å². The largest absolute Gasteiger partial charge is 0.335 e. The molecule has 1 aromatic carbocycles. The Morgan fingerprint density at radius 1 is 1.04 bits per heavy atom. The second-order valence-corrected chi connectivity index (χ2v) is 7.21. The van der Waals surface area contributed by atoms with Gasteiger partial charge in [0.1, 0.15) is 6.54 Å². The summed E-state index contributed by atoms with van der Waals surface area (Å²) in [6.45, 7) is 10.0. The summed E-state index contributed by atoms with van der Waals surface area (Å²) in [6, 6.07) is 8.29. The second kappa shape index (κ2) is 7.32. The highest BCUT2D eigenvalue weighted by Crippen LogP contribution is 2.14. The number of hydrogen-bond donors (Lipinski definition) is 0. The Bertz CT molecular complexity index is 820. The maximum Gasteiger partial charge on any atom is 0.244 e. The van der Waals surface area contributed by atoms with Crippen LogP contribution in [-0.4, -0.2) is 51.0 Å². The minimum atomic E-state index is -0.0596. The van der Waals surface area contributed by atoms with Crippen LogP contribution in [0, 0.1) is 27.7 Å². The lowest BCUT2D eigenvalue weighted by Crippen LogP contribution is -2.52. The lowest BCUT2D eigenvalue weighted by molar-refractivity contribution is -0.146. The molecule has 2 amide bonds. The van der Waals surface area contributed by atoms with Crippen LogP contribution in [0.5, 0.6) is 0 Å². The van der Waals surface area contributed by atoms with Crippen molar-refractivity contribution in [2.24, 2.45) is 0 Å². The van der Waals surface area contributed by atoms with Crippen LogP contribution in [0.3, 0.4) is 0 Å². The summed E-state index contributed by atoms with van der Waals surface area (Å²) in [7, 11) is 0. The van der Waals surface area contributed by atoms with Crippen molar-refractivity contribution in [1.29, 1.82) is 0 Å². The molecule has 0 spiro atoms. The molecule has 0 unspecified atom stereocenters. The van der Waals surface area contributed by atoms with Gasteiger partial charge >= 0.3 is 0 Å². The number of amides is 2. The third-order valence-electron chi connectivity index (χ3n) is 4.71. The van der Waals surface area contributed by atoms with Crippen molar-refractivity contribution < 1.29 is 9.59 Å². The first-order valence-corrected chi connectivity index (χ1v) is 8.95. The predicted octanol–water partition coefficient (Wildman–Crippen LogP) is 1.99. The molecule has 0 N–H and O–H groups in total. The first kappa shape index (κ1) is 18.2. The number of hydrogen-bond acceptors (Lipinski definition) is 3. The van der Waals surface area contributed by atoms with Gasteiger partial charge in [-0.3, -0.25) is 14.3 Å². The van der Waals surface area contributed by atoms with Crippen LogP contribution in [0.15, 0.2) is 24.3 Å². The number of aromatic nitrogens is 2. The molecule has 0 atom stereocenters. The lowest BCUT2D eigenvalue weighted by atomic mass is 10.1. The van der Waals surface area contributed by atoms with Gasteiger partial charge < -0.3 is 9.80 Å². The molecule has 6 heteroatoms. The number of carbonyl (C=O) groups is 2. The Balaban J connectivity index is 1.60. The molecule has 1 fully saturated rings. The van der Waals surface area contributed by atoms with E-state index in [1.54, 1.807) is 9.58 Å². The van der Waals surface area contributed by atoms with E-state index in [1.165, 1.54) is 11.1 Å². The highest BCUT2D eigenvalue weighted by atomic mass is 16.2. The van der Waals surface area contributed by atoms with Crippen molar-refractivity contribution in [2.75, 3.05) is 19.6 Å². The molecule has 1 aliphatic heterocycles. The number of carbonyl (C=O) groups excluding carboxylic acids is 2. The SMILES string of the molecule is Cc1cc(C)cc(CN2CCN(C(=O)Cn3nc(C)cc3C)CC2=O)c1. The fourth-order valence-corrected chi connectivity index (χ4v) is 3.53. The van der Waals surface area contributed by atoms with Crippen LogP contribution < -0.4 is 0 Å². The predicted molar refractivity (Wildman–Crippen MR) is 99.6 cm³/mol. The molecule has 2 aromatic rings. The van der Waals surface area contributed by atoms with Crippen molar-refractivity contribution in [2.45, 2.75) is 40.8 Å². The van der Waals surface area contributed by atoms with Crippen molar-refractivity contribution in [3.8, 4) is 0 Å². The summed E-state index contributed by atoms with van der Waals surface area (Å²) < 4.78 is 1.70. The maximum atomic E-state index is 12.5. The summed E-state index contributed by atoms with van der Waals surface area (Å²) in [5, 5.41) is 4.33. The van der Waals surface area contributed by atoms with Gasteiger partial charge in [-0.05, 0) is 39.3 Å². The van der Waals surface area contributed by atoms with E-state index in [0.29, 0.717) is 19.6 Å². The van der Waals surface area contributed by atoms with Crippen molar-refractivity contribution in [1.82, 2.24) is 19.6 Å². The standard InChI is InChI=1S/C20H26N4O2/c1-14-7-15(2)9-18(8-14)11-22-5-6-23(12-19(22)25)20(26)13-24-17(4)10-16(3)21-24/h7-10H,5-6,11-13H2,1-4H3. The molecule has 26 heavy (non-hydrogen) atoms. The van der Waals surface area contributed by atoms with Gasteiger partial charge in [-0.25, -0.2) is 0 Å². The first-order chi connectivity index (χ1) is 12.3. The summed E-state index contributed by atoms with van der Waals surface area (Å²) in [5.74, 6) is -0.0623. The lowest BCUT2D eigenvalue weighted by Gasteiger charge is -2.34. The van der Waals surface area contributed by atoms with E-state index in [-0.39, 0.29) is 24.9 Å². The quantitative estimate of drug-likeness (QED) is 0.844. The third kappa shape index (κ3) is 4.12. The Labute approximate surface area is 154 Å². The molecule has 0 radical (unpaired) electrons. The van der Waals surface area contributed by atoms with Crippen LogP contribution in [0.2, 0.25) is 0 Å². The minimum Gasteiger partial charge on any atom is -0.335 e. The van der Waals surface area contributed by atoms with E-state index in [0.717, 1.165) is 17.0 Å². The molecular formula is C20H26N4O2. The van der Waals surface area contributed by atoms with Crippen LogP contribution >= 0.6 is 0 Å². The second-order valence-electron chi connectivity index (χ2n) is 7.21. The maximum absolute atomic E-state index is 12.5. The van der Waals surface area contributed by atoms with Crippen molar-refractivity contribution in [3.05, 3.63) is 52.3 Å². The zero-order valence-electron chi connectivity index (χ0n) is 16.0. The smallest absolute Gasteiger partial charge is 0.244 e. The van der Waals surface area contributed by atoms with Gasteiger partial charge in [0.25, 0.3) is 0 Å². The summed E-state index contributed by atoms with van der Waals surface area (Å²) >= 11 is 0. The van der Waals surface area contributed by atoms with Gasteiger partial charge in [0.2, 0.25) is 11.8 Å². The number of benzene rings is 1. The molecule has 6 nitrogen and oxygen atoms in total. The number of nitrogens with zero attached hydrogens (tertiary/aromatic N) is 4. The van der Waals surface area contributed by atoms with Crippen LogP contribution in [0.4, 0.5) is 0 Å². The van der Waals surface area contributed by atoms with E-state index in [1.807, 2.05) is 24.8 Å². The van der Waals surface area contributed by atoms with Crippen LogP contribution in [-0.2, 0) is 22.7 Å². The van der Waals surface area contributed by atoms with Crippen molar-refractivity contribution in [3.63, 3.8) is 0 Å². The van der Waals surface area contributed by atoms with E-state index >= 15 is 0 Å². The Morgan fingerprint density at radius 2 is 1.73 bits per heavy atom. The third-order valence-corrected chi connectivity index (χ3v) is 4.71. The molecule has 138 valence electrons. The summed E-state index contributed by atoms with van der Waals surface area (Å²) in [6.07, 6.45) is 0. The van der Waals surface area contributed by atoms with Gasteiger partial charge in [0.15, 0.2) is 0 Å². The molecule has 0 saturated carbocycles. The van der Waals surface area contributed by atoms with Gasteiger partial charge in [-0.1, -0.05) is 29.3 Å². The number of aryl methyl sites for hydroxylation is 4. The topological polar surface area (TPSA) is 58.4 Å². The Morgan fingerprint density at radius 3 is 2.31 bits per heavy atom. The fourth-order valence-electron chi connectivity index (χ4n) is 3.53. The average Bonchev–Trinajstić information content (AvgIpc) is 2.85. The van der Waals surface area contributed by atoms with Gasteiger partial charge in [0.05, 0.1) is 12.2 Å². The Kier molecular flexibility index (Phi) is 5.11. The van der Waals surface area contributed by atoms with Gasteiger partial charge in [-0.2, -0.15) is 5.10 Å². The Hall–Kier alpha value is -2.63. The molecule has 1 aromatic heterocycles. The number of rotatable bonds is 4. The highest BCUT2D eigenvalue weighted by Gasteiger charge is 2.27. The first-order valence-electron chi connectivity index (χ1n) is 8.95. The fraction of sp³-hybridized carbons (Fsp3) is 0.450. The van der Waals surface area contributed by atoms with Gasteiger partial charge in [0, 0.05) is 25.3 Å². The highest BCUT2D eigenvalue weighted by molar-refractivity contribution is 5.86. The zero-order chi connectivity index (χ0) is 18.8. The average molecular weight is 354 g/mol. The molecule has 2 heterocycles. The van der Waals surface area contributed by atoms with E-state index < -0.39 is 0 Å². The molecule has 1 saturated heterocycles. The minimum absolute atomic E-state index is 0.00266. The zero-order valence-corrected chi connectivity index (χ0v) is 16.0. The summed E-state index contributed by atoms with van der Waals surface area (Å²) in [4.78, 5) is 28.5. The number of piperazine rings is 1. The van der Waals surface area contributed by atoms with Crippen LogP contribution in [0.1, 0.15) is 28.1 Å². The normalized spacial score (nSPS) is 14.8. The van der Waals surface area contributed by atoms with E-state index in [9.17, 15) is 9.59 Å². The molecular weight excluding hydrogens is 328 g/mol. The molecule has 0 aliphatic carbocycles. The summed E-state index contributed by atoms with van der Waals surface area (Å²) in [5.41, 5.74) is 5.39. The molecule has 3 rings (SSSR count).